The van der Waals surface area contributed by atoms with Crippen molar-refractivity contribution in [2.75, 3.05) is 6.54 Å². The molecule has 1 atom stereocenters. The number of rotatable bonds is 6. The Bertz CT molecular complexity index is 892. The molecule has 2 heterocycles. The van der Waals surface area contributed by atoms with Gasteiger partial charge < -0.3 is 14.8 Å². The Kier molecular flexibility index (Phi) is 4.63. The first-order valence-corrected chi connectivity index (χ1v) is 8.38. The van der Waals surface area contributed by atoms with Crippen molar-refractivity contribution in [3.63, 3.8) is 0 Å². The maximum Gasteiger partial charge on any atom is 0.224 e. The number of nitrogens with zero attached hydrogens (tertiary/aromatic N) is 2. The highest BCUT2D eigenvalue weighted by molar-refractivity contribution is 5.88. The van der Waals surface area contributed by atoms with E-state index in [9.17, 15) is 9.90 Å². The van der Waals surface area contributed by atoms with Crippen LogP contribution in [-0.4, -0.2) is 27.3 Å². The van der Waals surface area contributed by atoms with E-state index in [2.05, 4.69) is 10.4 Å². The Balaban J connectivity index is 1.71. The van der Waals surface area contributed by atoms with Crippen molar-refractivity contribution in [1.29, 1.82) is 0 Å². The van der Waals surface area contributed by atoms with E-state index < -0.39 is 5.60 Å². The molecule has 1 aromatic carbocycles. The van der Waals surface area contributed by atoms with Crippen LogP contribution in [0.2, 0.25) is 0 Å². The van der Waals surface area contributed by atoms with Crippen LogP contribution in [-0.2, 0) is 30.3 Å². The van der Waals surface area contributed by atoms with Gasteiger partial charge >= 0.3 is 0 Å². The SMILES string of the molecule is CCc1oc2ccccc2c1CC(=O)NCC(C)(O)c1cnn(C)c1. The number of nitrogens with one attached hydrogen (secondary N) is 1. The van der Waals surface area contributed by atoms with E-state index in [0.29, 0.717) is 5.56 Å². The molecule has 25 heavy (non-hydrogen) atoms. The molecule has 132 valence electrons. The van der Waals surface area contributed by atoms with Crippen LogP contribution in [0.5, 0.6) is 0 Å². The summed E-state index contributed by atoms with van der Waals surface area (Å²) in [7, 11) is 1.79. The zero-order chi connectivity index (χ0) is 18.0. The molecule has 0 bridgehead atoms. The van der Waals surface area contributed by atoms with Gasteiger partial charge in [0.15, 0.2) is 0 Å². The third-order valence-corrected chi connectivity index (χ3v) is 4.40. The number of furan rings is 1. The summed E-state index contributed by atoms with van der Waals surface area (Å²) in [6, 6.07) is 7.72. The van der Waals surface area contributed by atoms with Crippen LogP contribution in [0.15, 0.2) is 41.1 Å². The maximum absolute atomic E-state index is 12.4. The molecule has 0 spiro atoms. The van der Waals surface area contributed by atoms with Gasteiger partial charge in [0.1, 0.15) is 16.9 Å². The van der Waals surface area contributed by atoms with E-state index in [4.69, 9.17) is 4.42 Å². The summed E-state index contributed by atoms with van der Waals surface area (Å²) >= 11 is 0. The summed E-state index contributed by atoms with van der Waals surface area (Å²) in [6.07, 6.45) is 4.30. The molecule has 2 aromatic heterocycles. The Morgan fingerprint density at radius 2 is 2.16 bits per heavy atom. The van der Waals surface area contributed by atoms with Crippen molar-refractivity contribution in [3.8, 4) is 0 Å². The summed E-state index contributed by atoms with van der Waals surface area (Å²) in [5.74, 6) is 0.681. The zero-order valence-corrected chi connectivity index (χ0v) is 14.7. The van der Waals surface area contributed by atoms with Crippen LogP contribution in [0.1, 0.15) is 30.7 Å². The van der Waals surface area contributed by atoms with Crippen molar-refractivity contribution in [1.82, 2.24) is 15.1 Å². The number of aryl methyl sites for hydroxylation is 2. The zero-order valence-electron chi connectivity index (χ0n) is 14.7. The summed E-state index contributed by atoms with van der Waals surface area (Å²) in [6.45, 7) is 3.79. The molecule has 0 saturated heterocycles. The van der Waals surface area contributed by atoms with Gasteiger partial charge in [-0.05, 0) is 13.0 Å². The van der Waals surface area contributed by atoms with E-state index >= 15 is 0 Å². The minimum absolute atomic E-state index is 0.120. The van der Waals surface area contributed by atoms with Gasteiger partial charge in [-0.3, -0.25) is 9.48 Å². The second-order valence-electron chi connectivity index (χ2n) is 6.48. The van der Waals surface area contributed by atoms with Crippen LogP contribution in [0, 0.1) is 0 Å². The average Bonchev–Trinajstić information content (AvgIpc) is 3.18. The highest BCUT2D eigenvalue weighted by atomic mass is 16.3. The van der Waals surface area contributed by atoms with E-state index in [0.717, 1.165) is 28.7 Å². The van der Waals surface area contributed by atoms with Crippen LogP contribution >= 0.6 is 0 Å². The molecular formula is C19H23N3O3. The fraction of sp³-hybridized carbons (Fsp3) is 0.368. The van der Waals surface area contributed by atoms with Crippen molar-refractivity contribution in [3.05, 3.63) is 53.5 Å². The Hall–Kier alpha value is -2.60. The predicted molar refractivity (Wildman–Crippen MR) is 95.1 cm³/mol. The van der Waals surface area contributed by atoms with Gasteiger partial charge in [-0.15, -0.1) is 0 Å². The number of carbonyl (C=O) groups is 1. The predicted octanol–water partition coefficient (Wildman–Crippen LogP) is 2.30. The fourth-order valence-electron chi connectivity index (χ4n) is 2.92. The summed E-state index contributed by atoms with van der Waals surface area (Å²) in [4.78, 5) is 12.4. The Labute approximate surface area is 146 Å². The van der Waals surface area contributed by atoms with Gasteiger partial charge in [0.05, 0.1) is 19.2 Å². The Morgan fingerprint density at radius 1 is 1.40 bits per heavy atom. The van der Waals surface area contributed by atoms with Gasteiger partial charge in [0.25, 0.3) is 0 Å². The number of amides is 1. The van der Waals surface area contributed by atoms with Gasteiger partial charge in [-0.25, -0.2) is 0 Å². The average molecular weight is 341 g/mol. The monoisotopic (exact) mass is 341 g/mol. The van der Waals surface area contributed by atoms with E-state index in [1.54, 1.807) is 31.0 Å². The lowest BCUT2D eigenvalue weighted by Gasteiger charge is -2.22. The lowest BCUT2D eigenvalue weighted by molar-refractivity contribution is -0.121. The van der Waals surface area contributed by atoms with Crippen LogP contribution in [0.4, 0.5) is 0 Å². The summed E-state index contributed by atoms with van der Waals surface area (Å²) in [5, 5.41) is 18.4. The lowest BCUT2D eigenvalue weighted by Crippen LogP contribution is -2.39. The number of aromatic nitrogens is 2. The molecular weight excluding hydrogens is 318 g/mol. The van der Waals surface area contributed by atoms with Crippen molar-refractivity contribution < 1.29 is 14.3 Å². The molecule has 1 amide bonds. The topological polar surface area (TPSA) is 80.3 Å². The van der Waals surface area contributed by atoms with Crippen molar-refractivity contribution in [2.24, 2.45) is 7.05 Å². The number of para-hydroxylation sites is 1. The molecule has 2 N–H and O–H groups in total. The first-order valence-electron chi connectivity index (χ1n) is 8.38. The standard InChI is InChI=1S/C19H23N3O3/c1-4-16-15(14-7-5-6-8-17(14)25-16)9-18(23)20-12-19(2,24)13-10-21-22(3)11-13/h5-8,10-11,24H,4,9,12H2,1-3H3,(H,20,23). The normalized spacial score (nSPS) is 13.8. The lowest BCUT2D eigenvalue weighted by atomic mass is 9.99. The molecule has 0 aliphatic rings. The Morgan fingerprint density at radius 3 is 2.84 bits per heavy atom. The van der Waals surface area contributed by atoms with Gasteiger partial charge in [0.2, 0.25) is 5.91 Å². The van der Waals surface area contributed by atoms with Crippen molar-refractivity contribution >= 4 is 16.9 Å². The number of hydrogen-bond acceptors (Lipinski definition) is 4. The second kappa shape index (κ2) is 6.72. The highest BCUT2D eigenvalue weighted by Gasteiger charge is 2.26. The fourth-order valence-corrected chi connectivity index (χ4v) is 2.92. The van der Waals surface area contributed by atoms with E-state index in [1.807, 2.05) is 31.2 Å². The molecule has 0 fully saturated rings. The van der Waals surface area contributed by atoms with Gasteiger partial charge in [-0.1, -0.05) is 25.1 Å². The second-order valence-corrected chi connectivity index (χ2v) is 6.48. The highest BCUT2D eigenvalue weighted by Crippen LogP contribution is 2.27. The number of carbonyl (C=O) groups excluding carboxylic acids is 1. The smallest absolute Gasteiger partial charge is 0.224 e. The van der Waals surface area contributed by atoms with Crippen LogP contribution < -0.4 is 5.32 Å². The number of aliphatic hydroxyl groups is 1. The van der Waals surface area contributed by atoms with Gasteiger partial charge in [0, 0.05) is 36.2 Å². The maximum atomic E-state index is 12.4. The molecule has 0 radical (unpaired) electrons. The summed E-state index contributed by atoms with van der Waals surface area (Å²) in [5.41, 5.74) is 1.20. The number of fused-ring (bicyclic) bond motifs is 1. The molecule has 0 aliphatic heterocycles. The first kappa shape index (κ1) is 17.2. The van der Waals surface area contributed by atoms with Crippen LogP contribution in [0.3, 0.4) is 0 Å². The van der Waals surface area contributed by atoms with Crippen LogP contribution in [0.25, 0.3) is 11.0 Å². The largest absolute Gasteiger partial charge is 0.461 e. The first-order chi connectivity index (χ1) is 11.9. The minimum atomic E-state index is -1.17. The third kappa shape index (κ3) is 3.58. The molecule has 6 heteroatoms. The molecule has 0 aliphatic carbocycles. The number of hydrogen-bond donors (Lipinski definition) is 2. The van der Waals surface area contributed by atoms with E-state index in [-0.39, 0.29) is 18.9 Å². The molecule has 3 aromatic rings. The molecule has 0 saturated carbocycles. The van der Waals surface area contributed by atoms with Crippen molar-refractivity contribution in [2.45, 2.75) is 32.3 Å². The van der Waals surface area contributed by atoms with Gasteiger partial charge in [-0.2, -0.15) is 5.10 Å². The third-order valence-electron chi connectivity index (χ3n) is 4.40. The molecule has 3 rings (SSSR count). The minimum Gasteiger partial charge on any atom is -0.461 e. The molecule has 6 nitrogen and oxygen atoms in total. The quantitative estimate of drug-likeness (QED) is 0.721. The van der Waals surface area contributed by atoms with E-state index in [1.165, 1.54) is 0 Å². The summed E-state index contributed by atoms with van der Waals surface area (Å²) < 4.78 is 7.45. The molecule has 1 unspecified atom stereocenters. The number of benzene rings is 1.